The van der Waals surface area contributed by atoms with Crippen molar-refractivity contribution in [2.45, 2.75) is 30.7 Å². The number of terminal acetylenes is 1. The average molecular weight is 595 g/mol. The van der Waals surface area contributed by atoms with Crippen molar-refractivity contribution in [1.82, 2.24) is 19.9 Å². The number of nitrogens with zero attached hydrogens (tertiary/aromatic N) is 4. The first-order valence-electron chi connectivity index (χ1n) is 13.0. The SMILES string of the molecule is C#C[C@@H]1OC(OC(=O)c2cccnc2)[C@@H](OC(=O)c2cccnc2)[C@H](OC(=O)c2cccnc2)[C@@H]1OC(=O)c1cccnc1. The molecule has 0 radical (unpaired) electrons. The summed E-state index contributed by atoms with van der Waals surface area (Å²) in [5, 5.41) is 0. The molecule has 1 unspecified atom stereocenters. The van der Waals surface area contributed by atoms with Gasteiger partial charge in [0.2, 0.25) is 12.4 Å². The molecule has 5 atom stereocenters. The maximum atomic E-state index is 13.3. The molecular weight excluding hydrogens is 572 g/mol. The van der Waals surface area contributed by atoms with E-state index in [1.54, 1.807) is 0 Å². The lowest BCUT2D eigenvalue weighted by molar-refractivity contribution is -0.266. The fourth-order valence-corrected chi connectivity index (χ4v) is 4.11. The number of aromatic nitrogens is 4. The van der Waals surface area contributed by atoms with Gasteiger partial charge in [0.25, 0.3) is 0 Å². The van der Waals surface area contributed by atoms with E-state index in [1.807, 2.05) is 0 Å². The van der Waals surface area contributed by atoms with Gasteiger partial charge in [0, 0.05) is 49.6 Å². The lowest BCUT2D eigenvalue weighted by atomic mass is 9.97. The predicted octanol–water partition coefficient (Wildman–Crippen LogP) is 2.46. The number of pyridine rings is 4. The molecule has 44 heavy (non-hydrogen) atoms. The molecular formula is C31H22N4O9. The molecule has 0 N–H and O–H groups in total. The summed E-state index contributed by atoms with van der Waals surface area (Å²) in [6.45, 7) is 0. The van der Waals surface area contributed by atoms with Crippen molar-refractivity contribution in [1.29, 1.82) is 0 Å². The van der Waals surface area contributed by atoms with E-state index in [0.29, 0.717) is 0 Å². The van der Waals surface area contributed by atoms with Crippen molar-refractivity contribution < 1.29 is 42.9 Å². The van der Waals surface area contributed by atoms with Crippen LogP contribution in [-0.2, 0) is 23.7 Å². The zero-order valence-corrected chi connectivity index (χ0v) is 22.7. The normalized spacial score (nSPS) is 20.8. The Kier molecular flexibility index (Phi) is 9.23. The third-order valence-corrected chi connectivity index (χ3v) is 6.20. The predicted molar refractivity (Wildman–Crippen MR) is 147 cm³/mol. The van der Waals surface area contributed by atoms with Gasteiger partial charge >= 0.3 is 23.9 Å². The summed E-state index contributed by atoms with van der Waals surface area (Å²) in [6, 6.07) is 11.8. The van der Waals surface area contributed by atoms with E-state index in [9.17, 15) is 19.2 Å². The highest BCUT2D eigenvalue weighted by atomic mass is 16.7. The molecule has 0 saturated carbocycles. The molecule has 4 aromatic rings. The zero-order valence-electron chi connectivity index (χ0n) is 22.7. The lowest BCUT2D eigenvalue weighted by Gasteiger charge is -2.42. The van der Waals surface area contributed by atoms with Crippen LogP contribution >= 0.6 is 0 Å². The summed E-state index contributed by atoms with van der Waals surface area (Å²) in [6.07, 6.45) is 8.49. The third-order valence-electron chi connectivity index (χ3n) is 6.20. The smallest absolute Gasteiger partial charge is 0.342 e. The van der Waals surface area contributed by atoms with E-state index >= 15 is 0 Å². The van der Waals surface area contributed by atoms with Crippen LogP contribution in [0.15, 0.2) is 98.1 Å². The van der Waals surface area contributed by atoms with Crippen LogP contribution in [0.4, 0.5) is 0 Å². The van der Waals surface area contributed by atoms with E-state index < -0.39 is 54.6 Å². The first-order chi connectivity index (χ1) is 21.4. The Labute approximate surface area is 250 Å². The van der Waals surface area contributed by atoms with E-state index in [4.69, 9.17) is 30.1 Å². The minimum atomic E-state index is -1.73. The molecule has 1 aliphatic heterocycles. The topological polar surface area (TPSA) is 166 Å². The minimum absolute atomic E-state index is 0.0187. The van der Waals surface area contributed by atoms with Crippen molar-refractivity contribution >= 4 is 23.9 Å². The first-order valence-corrected chi connectivity index (χ1v) is 13.0. The summed E-state index contributed by atoms with van der Waals surface area (Å²) in [5.41, 5.74) is 0.134. The van der Waals surface area contributed by atoms with E-state index in [2.05, 4.69) is 25.9 Å². The molecule has 1 fully saturated rings. The second-order valence-electron chi connectivity index (χ2n) is 9.07. The zero-order chi connectivity index (χ0) is 30.9. The van der Waals surface area contributed by atoms with Crippen LogP contribution in [0.5, 0.6) is 0 Å². The van der Waals surface area contributed by atoms with E-state index in [-0.39, 0.29) is 22.3 Å². The van der Waals surface area contributed by atoms with Gasteiger partial charge in [0.1, 0.15) is 0 Å². The number of carbonyl (C=O) groups excluding carboxylic acids is 4. The third kappa shape index (κ3) is 6.89. The molecule has 13 nitrogen and oxygen atoms in total. The van der Waals surface area contributed by atoms with Crippen molar-refractivity contribution in [2.75, 3.05) is 0 Å². The van der Waals surface area contributed by atoms with Gasteiger partial charge in [-0.2, -0.15) is 0 Å². The molecule has 5 rings (SSSR count). The van der Waals surface area contributed by atoms with Crippen LogP contribution in [0.2, 0.25) is 0 Å². The monoisotopic (exact) mass is 594 g/mol. The molecule has 1 saturated heterocycles. The number of esters is 4. The van der Waals surface area contributed by atoms with Crippen LogP contribution in [0.3, 0.4) is 0 Å². The van der Waals surface area contributed by atoms with Gasteiger partial charge in [0.05, 0.1) is 22.3 Å². The molecule has 5 heterocycles. The van der Waals surface area contributed by atoms with Gasteiger partial charge in [-0.1, -0.05) is 5.92 Å². The summed E-state index contributed by atoms with van der Waals surface area (Å²) < 4.78 is 28.6. The quantitative estimate of drug-likeness (QED) is 0.166. The van der Waals surface area contributed by atoms with Crippen LogP contribution in [0.1, 0.15) is 41.4 Å². The Morgan fingerprint density at radius 1 is 0.568 bits per heavy atom. The van der Waals surface area contributed by atoms with Gasteiger partial charge in [-0.05, 0) is 48.5 Å². The van der Waals surface area contributed by atoms with E-state index in [1.165, 1.54) is 98.1 Å². The Morgan fingerprint density at radius 3 is 1.30 bits per heavy atom. The maximum Gasteiger partial charge on any atom is 0.342 e. The van der Waals surface area contributed by atoms with Crippen molar-refractivity contribution in [3.8, 4) is 12.3 Å². The highest BCUT2D eigenvalue weighted by Gasteiger charge is 2.54. The van der Waals surface area contributed by atoms with Crippen LogP contribution < -0.4 is 0 Å². The highest BCUT2D eigenvalue weighted by molar-refractivity contribution is 5.91. The molecule has 13 heteroatoms. The average Bonchev–Trinajstić information content (AvgIpc) is 3.08. The fourth-order valence-electron chi connectivity index (χ4n) is 4.11. The summed E-state index contributed by atoms with van der Waals surface area (Å²) in [7, 11) is 0. The van der Waals surface area contributed by atoms with Crippen molar-refractivity contribution in [3.05, 3.63) is 120 Å². The lowest BCUT2D eigenvalue weighted by Crippen LogP contribution is -2.62. The van der Waals surface area contributed by atoms with Gasteiger partial charge in [0.15, 0.2) is 18.3 Å². The molecule has 220 valence electrons. The standard InChI is InChI=1S/C31H22N4O9/c1-2-23-24(41-27(36)19-7-3-11-32-15-19)25(42-28(37)20-8-4-12-33-16-20)26(43-29(38)21-9-5-13-34-17-21)31(40-23)44-30(39)22-10-6-14-35-18-22/h1,3-18,23-26,31H/t23-,24+,25+,26-,31?/m0/s1. The van der Waals surface area contributed by atoms with Gasteiger partial charge in [-0.3, -0.25) is 19.9 Å². The summed E-state index contributed by atoms with van der Waals surface area (Å²) >= 11 is 0. The Hall–Kier alpha value is -6.00. The van der Waals surface area contributed by atoms with Gasteiger partial charge in [-0.25, -0.2) is 19.2 Å². The van der Waals surface area contributed by atoms with Gasteiger partial charge < -0.3 is 23.7 Å². The fraction of sp³-hybridized carbons (Fsp3) is 0.161. The minimum Gasteiger partial charge on any atom is -0.451 e. The molecule has 0 aromatic carbocycles. The second kappa shape index (κ2) is 13.8. The Bertz CT molecular complexity index is 1650. The number of hydrogen-bond donors (Lipinski definition) is 0. The Morgan fingerprint density at radius 2 is 0.932 bits per heavy atom. The van der Waals surface area contributed by atoms with Crippen LogP contribution in [0, 0.1) is 12.3 Å². The Balaban J connectivity index is 1.54. The number of ether oxygens (including phenoxy) is 5. The summed E-state index contributed by atoms with van der Waals surface area (Å²) in [5.74, 6) is -1.34. The molecule has 0 spiro atoms. The first kappa shape index (κ1) is 29.5. The van der Waals surface area contributed by atoms with Gasteiger partial charge in [-0.15, -0.1) is 6.42 Å². The number of rotatable bonds is 8. The number of carbonyl (C=O) groups is 4. The van der Waals surface area contributed by atoms with Crippen LogP contribution in [-0.4, -0.2) is 74.5 Å². The molecule has 0 bridgehead atoms. The number of hydrogen-bond acceptors (Lipinski definition) is 13. The van der Waals surface area contributed by atoms with Crippen molar-refractivity contribution in [2.24, 2.45) is 0 Å². The molecule has 4 aromatic heterocycles. The second-order valence-corrected chi connectivity index (χ2v) is 9.07. The maximum absolute atomic E-state index is 13.3. The summed E-state index contributed by atoms with van der Waals surface area (Å²) in [4.78, 5) is 68.3. The van der Waals surface area contributed by atoms with Crippen LogP contribution in [0.25, 0.3) is 0 Å². The molecule has 0 aliphatic carbocycles. The largest absolute Gasteiger partial charge is 0.451 e. The van der Waals surface area contributed by atoms with E-state index in [0.717, 1.165) is 0 Å². The molecule has 0 amide bonds. The molecule has 1 aliphatic rings. The van der Waals surface area contributed by atoms with Crippen molar-refractivity contribution in [3.63, 3.8) is 0 Å². The highest BCUT2D eigenvalue weighted by Crippen LogP contribution is 2.31.